The number of nitrogens with two attached hydrogens (primary N) is 1. The highest BCUT2D eigenvalue weighted by Crippen LogP contribution is 2.24. The lowest BCUT2D eigenvalue weighted by molar-refractivity contribution is 0.313. The average Bonchev–Trinajstić information content (AvgIpc) is 2.90. The van der Waals surface area contributed by atoms with Crippen LogP contribution in [0.4, 0.5) is 11.6 Å². The maximum absolute atomic E-state index is 12.3. The first-order chi connectivity index (χ1) is 12.2. The largest absolute Gasteiger partial charge is 0.369 e. The maximum Gasteiger partial charge on any atom is 0.221 e. The maximum atomic E-state index is 12.3. The Morgan fingerprint density at radius 1 is 1.23 bits per heavy atom. The van der Waals surface area contributed by atoms with E-state index in [-0.39, 0.29) is 10.8 Å². The summed E-state index contributed by atoms with van der Waals surface area (Å²) in [6.07, 6.45) is 4.40. The number of sulfone groups is 1. The first kappa shape index (κ1) is 18.4. The molecule has 140 valence electrons. The van der Waals surface area contributed by atoms with Gasteiger partial charge in [0.2, 0.25) is 5.95 Å². The van der Waals surface area contributed by atoms with Gasteiger partial charge in [-0.15, -0.1) is 0 Å². The molecule has 9 heteroatoms. The molecule has 0 saturated carbocycles. The first-order valence-electron chi connectivity index (χ1n) is 8.37. The molecule has 0 atom stereocenters. The zero-order valence-electron chi connectivity index (χ0n) is 15.3. The summed E-state index contributed by atoms with van der Waals surface area (Å²) in [5.41, 5.74) is 7.95. The number of rotatable bonds is 4. The van der Waals surface area contributed by atoms with Crippen LogP contribution in [0, 0.1) is 6.92 Å². The van der Waals surface area contributed by atoms with Crippen molar-refractivity contribution in [3.05, 3.63) is 35.7 Å². The van der Waals surface area contributed by atoms with Gasteiger partial charge in [-0.3, -0.25) is 0 Å². The molecule has 0 aliphatic carbocycles. The normalized spacial score (nSPS) is 16.5. The van der Waals surface area contributed by atoms with Gasteiger partial charge in [-0.25, -0.2) is 18.1 Å². The fraction of sp³-hybridized carbons (Fsp3) is 0.412. The van der Waals surface area contributed by atoms with E-state index in [2.05, 4.69) is 26.9 Å². The number of likely N-dealkylation sites (N-methyl/N-ethyl adjacent to an activating group) is 1. The zero-order chi connectivity index (χ0) is 18.9. The van der Waals surface area contributed by atoms with Crippen LogP contribution in [0.25, 0.3) is 0 Å². The fourth-order valence-electron chi connectivity index (χ4n) is 2.93. The third-order valence-corrected chi connectivity index (χ3v) is 5.57. The van der Waals surface area contributed by atoms with Gasteiger partial charge in [-0.2, -0.15) is 5.10 Å². The Hall–Kier alpha value is -2.39. The van der Waals surface area contributed by atoms with E-state index in [1.807, 2.05) is 13.0 Å². The van der Waals surface area contributed by atoms with Crippen molar-refractivity contribution in [1.29, 1.82) is 0 Å². The van der Waals surface area contributed by atoms with E-state index in [1.54, 1.807) is 18.3 Å². The Kier molecular flexibility index (Phi) is 5.01. The summed E-state index contributed by atoms with van der Waals surface area (Å²) in [5.74, 6) is 0.258. The number of aryl methyl sites for hydroxylation is 1. The summed E-state index contributed by atoms with van der Waals surface area (Å²) < 4.78 is 26.0. The molecule has 8 nitrogen and oxygen atoms in total. The average molecular weight is 376 g/mol. The standard InChI is InChI=1S/C17H24N6O2S/c1-13-12-23(17(18)20-13)19-11-14-4-5-15(10-16(14)26(3,24)25)22-8-6-21(2)7-9-22/h4-5,10-12H,6-9H2,1-3H3,(H2,18,20). The molecular weight excluding hydrogens is 352 g/mol. The molecule has 0 bridgehead atoms. The number of anilines is 2. The van der Waals surface area contributed by atoms with Gasteiger partial charge < -0.3 is 15.5 Å². The molecule has 1 aliphatic rings. The van der Waals surface area contributed by atoms with E-state index in [0.29, 0.717) is 5.56 Å². The van der Waals surface area contributed by atoms with Crippen molar-refractivity contribution in [2.45, 2.75) is 11.8 Å². The molecule has 1 aromatic heterocycles. The minimum absolute atomic E-state index is 0.257. The zero-order valence-corrected chi connectivity index (χ0v) is 16.1. The minimum atomic E-state index is -3.40. The molecule has 26 heavy (non-hydrogen) atoms. The van der Waals surface area contributed by atoms with Gasteiger partial charge in [0.1, 0.15) is 0 Å². The Bertz CT molecular complexity index is 927. The highest BCUT2D eigenvalue weighted by molar-refractivity contribution is 7.90. The van der Waals surface area contributed by atoms with Crippen LogP contribution in [0.1, 0.15) is 11.3 Å². The van der Waals surface area contributed by atoms with Crippen LogP contribution < -0.4 is 10.6 Å². The quantitative estimate of drug-likeness (QED) is 0.793. The molecule has 0 radical (unpaired) electrons. The van der Waals surface area contributed by atoms with Crippen molar-refractivity contribution in [2.75, 3.05) is 50.1 Å². The van der Waals surface area contributed by atoms with Gasteiger partial charge in [0.05, 0.1) is 23.0 Å². The SMILES string of the molecule is Cc1cn(N=Cc2ccc(N3CCN(C)CC3)cc2S(C)(=O)=O)c(N)n1. The van der Waals surface area contributed by atoms with Gasteiger partial charge in [0.25, 0.3) is 0 Å². The second-order valence-electron chi connectivity index (χ2n) is 6.61. The molecule has 2 heterocycles. The lowest BCUT2D eigenvalue weighted by Gasteiger charge is -2.34. The van der Waals surface area contributed by atoms with E-state index in [4.69, 9.17) is 5.73 Å². The predicted molar refractivity (Wildman–Crippen MR) is 104 cm³/mol. The van der Waals surface area contributed by atoms with Crippen LogP contribution in [0.3, 0.4) is 0 Å². The molecule has 1 fully saturated rings. The van der Waals surface area contributed by atoms with Crippen LogP contribution in [-0.2, 0) is 9.84 Å². The van der Waals surface area contributed by atoms with Crippen LogP contribution in [0.5, 0.6) is 0 Å². The van der Waals surface area contributed by atoms with Crippen molar-refractivity contribution in [3.8, 4) is 0 Å². The number of hydrogen-bond donors (Lipinski definition) is 1. The van der Waals surface area contributed by atoms with Crippen molar-refractivity contribution >= 4 is 27.7 Å². The summed E-state index contributed by atoms with van der Waals surface area (Å²) in [4.78, 5) is 8.79. The topological polar surface area (TPSA) is 96.8 Å². The first-order valence-corrected chi connectivity index (χ1v) is 10.3. The van der Waals surface area contributed by atoms with Gasteiger partial charge in [0, 0.05) is 43.7 Å². The van der Waals surface area contributed by atoms with E-state index >= 15 is 0 Å². The molecule has 2 N–H and O–H groups in total. The number of nitrogens with zero attached hydrogens (tertiary/aromatic N) is 5. The number of hydrogen-bond acceptors (Lipinski definition) is 7. The minimum Gasteiger partial charge on any atom is -0.369 e. The van der Waals surface area contributed by atoms with Crippen molar-refractivity contribution in [2.24, 2.45) is 5.10 Å². The van der Waals surface area contributed by atoms with Crippen LogP contribution in [-0.4, -0.2) is 68.7 Å². The second kappa shape index (κ2) is 7.08. The number of aromatic nitrogens is 2. The number of piperazine rings is 1. The summed E-state index contributed by atoms with van der Waals surface area (Å²) in [6, 6.07) is 5.45. The fourth-order valence-corrected chi connectivity index (χ4v) is 3.82. The van der Waals surface area contributed by atoms with E-state index in [9.17, 15) is 8.42 Å². The number of benzene rings is 1. The highest BCUT2D eigenvalue weighted by Gasteiger charge is 2.18. The Morgan fingerprint density at radius 3 is 2.50 bits per heavy atom. The monoisotopic (exact) mass is 376 g/mol. The molecule has 0 unspecified atom stereocenters. The molecule has 1 aliphatic heterocycles. The van der Waals surface area contributed by atoms with E-state index in [1.165, 1.54) is 17.1 Å². The van der Waals surface area contributed by atoms with Crippen LogP contribution >= 0.6 is 0 Å². The number of imidazole rings is 1. The molecule has 3 rings (SSSR count). The summed E-state index contributed by atoms with van der Waals surface area (Å²) in [6.45, 7) is 5.47. The van der Waals surface area contributed by atoms with Gasteiger partial charge in [-0.1, -0.05) is 0 Å². The summed E-state index contributed by atoms with van der Waals surface area (Å²) >= 11 is 0. The molecule has 0 spiro atoms. The Morgan fingerprint density at radius 2 is 1.92 bits per heavy atom. The van der Waals surface area contributed by atoms with E-state index in [0.717, 1.165) is 37.6 Å². The molecule has 1 saturated heterocycles. The lowest BCUT2D eigenvalue weighted by atomic mass is 10.2. The van der Waals surface area contributed by atoms with Crippen molar-refractivity contribution in [1.82, 2.24) is 14.6 Å². The third kappa shape index (κ3) is 4.05. The smallest absolute Gasteiger partial charge is 0.221 e. The van der Waals surface area contributed by atoms with Crippen LogP contribution in [0.15, 0.2) is 34.4 Å². The highest BCUT2D eigenvalue weighted by atomic mass is 32.2. The molecule has 2 aromatic rings. The Labute approximate surface area is 153 Å². The van der Waals surface area contributed by atoms with E-state index < -0.39 is 9.84 Å². The number of nitrogen functional groups attached to an aromatic ring is 1. The van der Waals surface area contributed by atoms with Crippen molar-refractivity contribution < 1.29 is 8.42 Å². The summed E-state index contributed by atoms with van der Waals surface area (Å²) in [7, 11) is -1.31. The molecule has 1 aromatic carbocycles. The van der Waals surface area contributed by atoms with Crippen molar-refractivity contribution in [3.63, 3.8) is 0 Å². The summed E-state index contributed by atoms with van der Waals surface area (Å²) in [5, 5.41) is 4.24. The molecule has 0 amide bonds. The van der Waals surface area contributed by atoms with Gasteiger partial charge in [0.15, 0.2) is 9.84 Å². The van der Waals surface area contributed by atoms with Gasteiger partial charge >= 0.3 is 0 Å². The predicted octanol–water partition coefficient (Wildman–Crippen LogP) is 0.811. The van der Waals surface area contributed by atoms with Gasteiger partial charge in [-0.05, 0) is 32.2 Å². The molecular formula is C17H24N6O2S. The lowest BCUT2D eigenvalue weighted by Crippen LogP contribution is -2.44. The third-order valence-electron chi connectivity index (χ3n) is 4.42. The second-order valence-corrected chi connectivity index (χ2v) is 8.60. The Balaban J connectivity index is 1.94. The van der Waals surface area contributed by atoms with Crippen LogP contribution in [0.2, 0.25) is 0 Å².